The highest BCUT2D eigenvalue weighted by Gasteiger charge is 2.22. The minimum absolute atomic E-state index is 0.0854. The average Bonchev–Trinajstić information content (AvgIpc) is 3.21. The third kappa shape index (κ3) is 7.98. The Morgan fingerprint density at radius 1 is 1.08 bits per heavy atom. The first kappa shape index (κ1) is 30.0. The van der Waals surface area contributed by atoms with Gasteiger partial charge in [-0.3, -0.25) is 4.79 Å². The van der Waals surface area contributed by atoms with Crippen LogP contribution in [0.2, 0.25) is 0 Å². The van der Waals surface area contributed by atoms with E-state index < -0.39 is 30.1 Å². The molecule has 3 rings (SSSR count). The number of halogens is 1. The minimum Gasteiger partial charge on any atom is -0.480 e. The van der Waals surface area contributed by atoms with Crippen LogP contribution >= 0.6 is 0 Å². The average molecular weight is 540 g/mol. The first-order valence-corrected chi connectivity index (χ1v) is 13.3. The molecule has 0 bridgehead atoms. The zero-order valence-electron chi connectivity index (χ0n) is 22.4. The Kier molecular flexibility index (Phi) is 10.8. The van der Waals surface area contributed by atoms with Gasteiger partial charge in [-0.25, -0.2) is 9.18 Å². The van der Waals surface area contributed by atoms with Crippen LogP contribution in [0.1, 0.15) is 57.7 Å². The van der Waals surface area contributed by atoms with Crippen molar-refractivity contribution >= 4 is 28.9 Å². The molecule has 0 spiro atoms. The molecule has 0 aliphatic carbocycles. The molecule has 6 N–H and O–H groups in total. The molecule has 0 aliphatic heterocycles. The number of carboxylic acids is 1. The molecular formula is C30H38FN3O5. The maximum Gasteiger partial charge on any atom is 0.326 e. The molecule has 9 heteroatoms. The predicted octanol–water partition coefficient (Wildman–Crippen LogP) is 4.24. The van der Waals surface area contributed by atoms with Crippen LogP contribution in [0, 0.1) is 5.82 Å². The number of aromatic nitrogens is 1. The maximum atomic E-state index is 13.7. The van der Waals surface area contributed by atoms with Crippen LogP contribution in [-0.2, 0) is 9.59 Å². The van der Waals surface area contributed by atoms with E-state index in [4.69, 9.17) is 5.73 Å². The highest BCUT2D eigenvalue weighted by Crippen LogP contribution is 2.38. The van der Waals surface area contributed by atoms with Crippen molar-refractivity contribution in [1.29, 1.82) is 0 Å². The lowest BCUT2D eigenvalue weighted by Crippen LogP contribution is -2.42. The molecule has 0 saturated carbocycles. The molecule has 8 nitrogen and oxygen atoms in total. The van der Waals surface area contributed by atoms with Crippen molar-refractivity contribution in [3.8, 4) is 11.1 Å². The Hall–Kier alpha value is -3.53. The molecule has 39 heavy (non-hydrogen) atoms. The van der Waals surface area contributed by atoms with Crippen molar-refractivity contribution in [3.05, 3.63) is 66.1 Å². The summed E-state index contributed by atoms with van der Waals surface area (Å²) in [6, 6.07) is 13.2. The van der Waals surface area contributed by atoms with Gasteiger partial charge in [0.25, 0.3) is 0 Å². The summed E-state index contributed by atoms with van der Waals surface area (Å²) in [5, 5.41) is 33.8. The van der Waals surface area contributed by atoms with E-state index in [1.54, 1.807) is 24.3 Å². The number of carboxylic acid groups (broad SMARTS) is 1. The summed E-state index contributed by atoms with van der Waals surface area (Å²) < 4.78 is 15.8. The van der Waals surface area contributed by atoms with E-state index >= 15 is 0 Å². The van der Waals surface area contributed by atoms with E-state index in [0.29, 0.717) is 19.4 Å². The van der Waals surface area contributed by atoms with Gasteiger partial charge in [-0.15, -0.1) is 0 Å². The summed E-state index contributed by atoms with van der Waals surface area (Å²) in [6.07, 6.45) is 2.14. The van der Waals surface area contributed by atoms with Crippen molar-refractivity contribution in [1.82, 2.24) is 9.88 Å². The van der Waals surface area contributed by atoms with Crippen molar-refractivity contribution in [2.75, 3.05) is 6.54 Å². The van der Waals surface area contributed by atoms with Crippen LogP contribution in [0.15, 0.2) is 54.6 Å². The van der Waals surface area contributed by atoms with Gasteiger partial charge in [-0.1, -0.05) is 36.4 Å². The topological polar surface area (TPSA) is 138 Å². The number of nitrogens with one attached hydrogen (secondary N) is 1. The van der Waals surface area contributed by atoms with Gasteiger partial charge in [0.2, 0.25) is 5.91 Å². The van der Waals surface area contributed by atoms with Crippen molar-refractivity contribution in [2.45, 2.75) is 70.2 Å². The van der Waals surface area contributed by atoms with Gasteiger partial charge in [-0.05, 0) is 69.5 Å². The zero-order valence-corrected chi connectivity index (χ0v) is 22.4. The Morgan fingerprint density at radius 2 is 1.77 bits per heavy atom. The molecule has 0 fully saturated rings. The summed E-state index contributed by atoms with van der Waals surface area (Å²) in [5.74, 6) is -2.07. The van der Waals surface area contributed by atoms with Crippen LogP contribution in [0.3, 0.4) is 0 Å². The largest absolute Gasteiger partial charge is 0.480 e. The number of amides is 1. The molecule has 1 aromatic heterocycles. The number of hydrogen-bond donors (Lipinski definition) is 5. The summed E-state index contributed by atoms with van der Waals surface area (Å²) in [5.41, 5.74) is 8.99. The number of aliphatic hydroxyl groups excluding tert-OH is 2. The van der Waals surface area contributed by atoms with Crippen LogP contribution in [-0.4, -0.2) is 56.6 Å². The number of nitrogens with two attached hydrogens (primary N) is 1. The molecule has 0 aliphatic rings. The lowest BCUT2D eigenvalue weighted by Gasteiger charge is -2.17. The fourth-order valence-electron chi connectivity index (χ4n) is 4.78. The van der Waals surface area contributed by atoms with E-state index in [1.165, 1.54) is 12.1 Å². The predicted molar refractivity (Wildman–Crippen MR) is 150 cm³/mol. The van der Waals surface area contributed by atoms with E-state index in [1.807, 2.05) is 24.3 Å². The van der Waals surface area contributed by atoms with Gasteiger partial charge in [0.15, 0.2) is 0 Å². The smallest absolute Gasteiger partial charge is 0.326 e. The van der Waals surface area contributed by atoms with Crippen LogP contribution in [0.5, 0.6) is 0 Å². The van der Waals surface area contributed by atoms with E-state index in [0.717, 1.165) is 27.7 Å². The number of benzene rings is 2. The van der Waals surface area contributed by atoms with Crippen molar-refractivity contribution in [2.24, 2.45) is 5.73 Å². The van der Waals surface area contributed by atoms with Gasteiger partial charge in [-0.2, -0.15) is 0 Å². The standard InChI is InChI=1S/C30H38FN3O5/c1-19(2)34-26-9-4-3-7-24(26)29(20-10-12-21(31)13-11-20)27(34)15-14-22(35)17-23(36)18-28(37)33-25(30(38)39)8-5-6-16-32/h3-4,7,9-15,19,22-23,25,35-36H,5-6,8,16-18,32H2,1-2H3,(H,33,37)(H,38,39)/t22-,23-,25-/m0/s1. The van der Waals surface area contributed by atoms with Gasteiger partial charge < -0.3 is 30.9 Å². The third-order valence-corrected chi connectivity index (χ3v) is 6.59. The third-order valence-electron chi connectivity index (χ3n) is 6.59. The molecule has 1 amide bonds. The summed E-state index contributed by atoms with van der Waals surface area (Å²) >= 11 is 0. The summed E-state index contributed by atoms with van der Waals surface area (Å²) in [7, 11) is 0. The molecular weight excluding hydrogens is 501 g/mol. The molecule has 2 aromatic carbocycles. The summed E-state index contributed by atoms with van der Waals surface area (Å²) in [4.78, 5) is 23.7. The minimum atomic E-state index is -1.17. The van der Waals surface area contributed by atoms with E-state index in [2.05, 4.69) is 23.7 Å². The number of para-hydroxylation sites is 1. The Morgan fingerprint density at radius 3 is 2.41 bits per heavy atom. The second kappa shape index (κ2) is 14.0. The number of fused-ring (bicyclic) bond motifs is 1. The van der Waals surface area contributed by atoms with Gasteiger partial charge in [0.1, 0.15) is 11.9 Å². The van der Waals surface area contributed by atoms with Crippen molar-refractivity contribution in [3.63, 3.8) is 0 Å². The SMILES string of the molecule is CC(C)n1c(C=C[C@H](O)C[C@H](O)CC(=O)N[C@@H](CCCCN)C(=O)O)c(-c2ccc(F)cc2)c2ccccc21. The molecule has 0 unspecified atom stereocenters. The van der Waals surface area contributed by atoms with Gasteiger partial charge >= 0.3 is 5.97 Å². The molecule has 0 radical (unpaired) electrons. The molecule has 1 heterocycles. The van der Waals surface area contributed by atoms with Crippen LogP contribution in [0.4, 0.5) is 4.39 Å². The summed E-state index contributed by atoms with van der Waals surface area (Å²) in [6.45, 7) is 4.54. The fraction of sp³-hybridized carbons (Fsp3) is 0.400. The number of unbranched alkanes of at least 4 members (excludes halogenated alkanes) is 1. The molecule has 3 aromatic rings. The molecule has 3 atom stereocenters. The number of hydrogen-bond acceptors (Lipinski definition) is 5. The Bertz CT molecular complexity index is 1290. The quantitative estimate of drug-likeness (QED) is 0.194. The lowest BCUT2D eigenvalue weighted by molar-refractivity contribution is -0.142. The second-order valence-electron chi connectivity index (χ2n) is 10.0. The monoisotopic (exact) mass is 539 g/mol. The number of rotatable bonds is 14. The lowest BCUT2D eigenvalue weighted by atomic mass is 10.0. The van der Waals surface area contributed by atoms with Crippen LogP contribution < -0.4 is 11.1 Å². The van der Waals surface area contributed by atoms with E-state index in [-0.39, 0.29) is 31.1 Å². The highest BCUT2D eigenvalue weighted by atomic mass is 19.1. The van der Waals surface area contributed by atoms with E-state index in [9.17, 15) is 29.3 Å². The zero-order chi connectivity index (χ0) is 28.5. The fourth-order valence-corrected chi connectivity index (χ4v) is 4.78. The number of carbonyl (C=O) groups is 2. The maximum absolute atomic E-state index is 13.7. The van der Waals surface area contributed by atoms with Gasteiger partial charge in [0.05, 0.1) is 18.6 Å². The van der Waals surface area contributed by atoms with Crippen LogP contribution in [0.25, 0.3) is 28.1 Å². The van der Waals surface area contributed by atoms with Crippen molar-refractivity contribution < 1.29 is 29.3 Å². The number of nitrogens with zero attached hydrogens (tertiary/aromatic N) is 1. The Labute approximate surface area is 227 Å². The normalized spacial score (nSPS) is 14.1. The number of aliphatic carboxylic acids is 1. The van der Waals surface area contributed by atoms with Gasteiger partial charge in [0, 0.05) is 34.6 Å². The Balaban J connectivity index is 1.77. The second-order valence-corrected chi connectivity index (χ2v) is 10.0. The first-order chi connectivity index (χ1) is 18.6. The number of carbonyl (C=O) groups excluding carboxylic acids is 1. The highest BCUT2D eigenvalue weighted by molar-refractivity contribution is 6.01. The molecule has 210 valence electrons. The molecule has 0 saturated heterocycles. The number of aliphatic hydroxyl groups is 2. The first-order valence-electron chi connectivity index (χ1n) is 13.3.